The van der Waals surface area contributed by atoms with Gasteiger partial charge in [0.1, 0.15) is 17.1 Å². The molecular formula is C23H19NO6. The number of carbonyl (C=O) groups excluding carboxylic acids is 3. The fourth-order valence-corrected chi connectivity index (χ4v) is 3.35. The van der Waals surface area contributed by atoms with E-state index in [1.54, 1.807) is 30.3 Å². The minimum absolute atomic E-state index is 0.0481. The molecule has 0 fully saturated rings. The van der Waals surface area contributed by atoms with Crippen molar-refractivity contribution in [1.82, 2.24) is 0 Å². The number of fused-ring (bicyclic) bond motifs is 2. The topological polar surface area (TPSA) is 82.1 Å². The molecule has 4 rings (SSSR count). The van der Waals surface area contributed by atoms with E-state index in [0.717, 1.165) is 10.8 Å². The highest BCUT2D eigenvalue weighted by Gasteiger charge is 2.26. The average Bonchev–Trinajstić information content (AvgIpc) is 2.77. The predicted molar refractivity (Wildman–Crippen MR) is 110 cm³/mol. The van der Waals surface area contributed by atoms with Crippen molar-refractivity contribution in [1.29, 1.82) is 0 Å². The van der Waals surface area contributed by atoms with Crippen molar-refractivity contribution < 1.29 is 28.6 Å². The Morgan fingerprint density at radius 1 is 1.03 bits per heavy atom. The highest BCUT2D eigenvalue weighted by atomic mass is 16.5. The number of hydrogen-bond donors (Lipinski definition) is 0. The Morgan fingerprint density at radius 2 is 1.73 bits per heavy atom. The predicted octanol–water partition coefficient (Wildman–Crippen LogP) is 3.35. The minimum atomic E-state index is -0.596. The molecule has 0 radical (unpaired) electrons. The van der Waals surface area contributed by atoms with Gasteiger partial charge in [-0.3, -0.25) is 9.59 Å². The number of para-hydroxylation sites is 2. The molecule has 1 amide bonds. The summed E-state index contributed by atoms with van der Waals surface area (Å²) in [4.78, 5) is 38.4. The van der Waals surface area contributed by atoms with Crippen LogP contribution in [0.25, 0.3) is 10.8 Å². The Balaban J connectivity index is 1.52. The number of hydrogen-bond acceptors (Lipinski definition) is 6. The first-order chi connectivity index (χ1) is 14.6. The maximum absolute atomic E-state index is 12.5. The van der Waals surface area contributed by atoms with Crippen LogP contribution in [0.1, 0.15) is 16.8 Å². The van der Waals surface area contributed by atoms with E-state index in [9.17, 15) is 14.4 Å². The molecule has 0 saturated heterocycles. The van der Waals surface area contributed by atoms with Crippen molar-refractivity contribution in [3.05, 3.63) is 66.2 Å². The summed E-state index contributed by atoms with van der Waals surface area (Å²) in [6.45, 7) is 0.0579. The van der Waals surface area contributed by atoms with Crippen molar-refractivity contribution in [2.24, 2.45) is 0 Å². The summed E-state index contributed by atoms with van der Waals surface area (Å²) in [7, 11) is 1.27. The normalized spacial score (nSPS) is 12.8. The Hall–Kier alpha value is -3.87. The quantitative estimate of drug-likeness (QED) is 0.478. The van der Waals surface area contributed by atoms with Gasteiger partial charge in [-0.05, 0) is 35.0 Å². The van der Waals surface area contributed by atoms with Gasteiger partial charge in [-0.1, -0.05) is 36.4 Å². The number of benzene rings is 3. The number of nitrogens with zero attached hydrogens (tertiary/aromatic N) is 1. The minimum Gasteiger partial charge on any atom is -0.482 e. The van der Waals surface area contributed by atoms with Crippen LogP contribution in [0.15, 0.2) is 60.7 Å². The monoisotopic (exact) mass is 405 g/mol. The summed E-state index contributed by atoms with van der Waals surface area (Å²) >= 11 is 0. The molecule has 1 aliphatic heterocycles. The van der Waals surface area contributed by atoms with E-state index >= 15 is 0 Å². The number of rotatable bonds is 5. The van der Waals surface area contributed by atoms with E-state index < -0.39 is 11.9 Å². The summed E-state index contributed by atoms with van der Waals surface area (Å²) in [6.07, 6.45) is -0.0481. The molecule has 0 saturated carbocycles. The second kappa shape index (κ2) is 8.24. The molecule has 152 valence electrons. The van der Waals surface area contributed by atoms with Gasteiger partial charge in [0.15, 0.2) is 6.61 Å². The SMILES string of the molecule is COC(=O)c1cc2ccccc2cc1OC(=O)CCN1C(=O)COc2ccccc21. The average molecular weight is 405 g/mol. The molecule has 3 aromatic carbocycles. The second-order valence-corrected chi connectivity index (χ2v) is 6.71. The largest absolute Gasteiger partial charge is 0.482 e. The Kier molecular flexibility index (Phi) is 5.34. The highest BCUT2D eigenvalue weighted by Crippen LogP contribution is 2.32. The van der Waals surface area contributed by atoms with Crippen LogP contribution in [0.5, 0.6) is 11.5 Å². The maximum atomic E-state index is 12.5. The summed E-state index contributed by atoms with van der Waals surface area (Å²) in [5, 5.41) is 1.65. The number of esters is 2. The van der Waals surface area contributed by atoms with Crippen LogP contribution >= 0.6 is 0 Å². The van der Waals surface area contributed by atoms with Gasteiger partial charge >= 0.3 is 11.9 Å². The first-order valence-corrected chi connectivity index (χ1v) is 9.41. The molecule has 0 spiro atoms. The summed E-state index contributed by atoms with van der Waals surface area (Å²) in [5.74, 6) is -0.678. The highest BCUT2D eigenvalue weighted by molar-refractivity contribution is 6.00. The number of anilines is 1. The molecule has 0 atom stereocenters. The van der Waals surface area contributed by atoms with Crippen molar-refractivity contribution in [3.8, 4) is 11.5 Å². The Labute approximate surface area is 172 Å². The maximum Gasteiger partial charge on any atom is 0.341 e. The van der Waals surface area contributed by atoms with Gasteiger partial charge in [-0.15, -0.1) is 0 Å². The molecule has 0 unspecified atom stereocenters. The van der Waals surface area contributed by atoms with E-state index in [4.69, 9.17) is 14.2 Å². The standard InChI is InChI=1S/C23H19NO6/c1-28-23(27)17-12-15-6-2-3-7-16(15)13-20(17)30-22(26)10-11-24-18-8-4-5-9-19(18)29-14-21(24)25/h2-9,12-13H,10-11,14H2,1H3. The molecule has 0 N–H and O–H groups in total. The third kappa shape index (κ3) is 3.82. The smallest absolute Gasteiger partial charge is 0.341 e. The van der Waals surface area contributed by atoms with Gasteiger partial charge in [-0.2, -0.15) is 0 Å². The van der Waals surface area contributed by atoms with Crippen LogP contribution in [0.3, 0.4) is 0 Å². The summed E-state index contributed by atoms with van der Waals surface area (Å²) < 4.78 is 15.7. The van der Waals surface area contributed by atoms with Gasteiger partial charge < -0.3 is 19.1 Å². The van der Waals surface area contributed by atoms with E-state index in [1.165, 1.54) is 12.0 Å². The molecule has 3 aromatic rings. The molecule has 30 heavy (non-hydrogen) atoms. The van der Waals surface area contributed by atoms with Gasteiger partial charge in [0.25, 0.3) is 5.91 Å². The first kappa shape index (κ1) is 19.4. The van der Waals surface area contributed by atoms with Crippen LogP contribution in [-0.4, -0.2) is 38.1 Å². The van der Waals surface area contributed by atoms with Crippen molar-refractivity contribution >= 4 is 34.3 Å². The van der Waals surface area contributed by atoms with Crippen molar-refractivity contribution in [2.45, 2.75) is 6.42 Å². The molecular weight excluding hydrogens is 386 g/mol. The lowest BCUT2D eigenvalue weighted by molar-refractivity contribution is -0.134. The zero-order chi connectivity index (χ0) is 21.1. The van der Waals surface area contributed by atoms with Crippen molar-refractivity contribution in [2.75, 3.05) is 25.2 Å². The fourth-order valence-electron chi connectivity index (χ4n) is 3.35. The lowest BCUT2D eigenvalue weighted by atomic mass is 10.1. The number of carbonyl (C=O) groups is 3. The van der Waals surface area contributed by atoms with Gasteiger partial charge in [0, 0.05) is 6.54 Å². The third-order valence-corrected chi connectivity index (χ3v) is 4.82. The number of methoxy groups -OCH3 is 1. The number of amides is 1. The molecule has 1 heterocycles. The third-order valence-electron chi connectivity index (χ3n) is 4.82. The molecule has 0 bridgehead atoms. The summed E-state index contributed by atoms with van der Waals surface area (Å²) in [5.41, 5.74) is 0.778. The van der Waals surface area contributed by atoms with E-state index in [-0.39, 0.29) is 36.8 Å². The number of ether oxygens (including phenoxy) is 3. The molecule has 7 nitrogen and oxygen atoms in total. The molecule has 0 aromatic heterocycles. The Morgan fingerprint density at radius 3 is 2.50 bits per heavy atom. The van der Waals surface area contributed by atoms with Crippen molar-refractivity contribution in [3.63, 3.8) is 0 Å². The molecule has 7 heteroatoms. The van der Waals surface area contributed by atoms with Gasteiger partial charge in [0.05, 0.1) is 19.2 Å². The van der Waals surface area contributed by atoms with Gasteiger partial charge in [0.2, 0.25) is 0 Å². The van der Waals surface area contributed by atoms with Crippen LogP contribution < -0.4 is 14.4 Å². The second-order valence-electron chi connectivity index (χ2n) is 6.71. The van der Waals surface area contributed by atoms with Crippen LogP contribution in [0.2, 0.25) is 0 Å². The zero-order valence-corrected chi connectivity index (χ0v) is 16.3. The molecule has 0 aliphatic carbocycles. The van der Waals surface area contributed by atoms with Gasteiger partial charge in [-0.25, -0.2) is 4.79 Å². The fraction of sp³-hybridized carbons (Fsp3) is 0.174. The van der Waals surface area contributed by atoms with Crippen LogP contribution in [0.4, 0.5) is 5.69 Å². The zero-order valence-electron chi connectivity index (χ0n) is 16.3. The summed E-state index contributed by atoms with van der Waals surface area (Å²) in [6, 6.07) is 17.8. The van der Waals surface area contributed by atoms with E-state index in [2.05, 4.69) is 0 Å². The lowest BCUT2D eigenvalue weighted by Crippen LogP contribution is -2.40. The van der Waals surface area contributed by atoms with E-state index in [1.807, 2.05) is 30.3 Å². The first-order valence-electron chi connectivity index (χ1n) is 9.41. The van der Waals surface area contributed by atoms with Crippen LogP contribution in [0, 0.1) is 0 Å². The van der Waals surface area contributed by atoms with Crippen LogP contribution in [-0.2, 0) is 14.3 Å². The molecule has 1 aliphatic rings. The van der Waals surface area contributed by atoms with E-state index in [0.29, 0.717) is 11.4 Å². The Bertz CT molecular complexity index is 1140. The lowest BCUT2D eigenvalue weighted by Gasteiger charge is -2.29.